The minimum absolute atomic E-state index is 0.0371. The van der Waals surface area contributed by atoms with Gasteiger partial charge >= 0.3 is 0 Å². The number of carbonyl (C=O) groups is 1. The van der Waals surface area contributed by atoms with Crippen LogP contribution >= 0.6 is 0 Å². The number of hydrogen-bond donors (Lipinski definition) is 0. The number of rotatable bonds is 3. The topological polar surface area (TPSA) is 67.2 Å². The number of amides is 1. The zero-order chi connectivity index (χ0) is 21.4. The van der Waals surface area contributed by atoms with E-state index in [4.69, 9.17) is 0 Å². The molecule has 1 fully saturated rings. The molecule has 0 N–H and O–H groups in total. The summed E-state index contributed by atoms with van der Waals surface area (Å²) in [5.74, 6) is -0.274. The molecule has 2 aromatic heterocycles. The first kappa shape index (κ1) is 19.2. The Balaban J connectivity index is 1.38. The van der Waals surface area contributed by atoms with Crippen molar-refractivity contribution in [2.24, 2.45) is 0 Å². The Morgan fingerprint density at radius 1 is 0.935 bits per heavy atom. The van der Waals surface area contributed by atoms with E-state index in [1.165, 1.54) is 6.07 Å². The fourth-order valence-electron chi connectivity index (χ4n) is 4.04. The van der Waals surface area contributed by atoms with Crippen LogP contribution in [0.15, 0.2) is 60.8 Å². The van der Waals surface area contributed by atoms with Crippen LogP contribution in [0.25, 0.3) is 16.9 Å². The summed E-state index contributed by atoms with van der Waals surface area (Å²) < 4.78 is 15.8. The summed E-state index contributed by atoms with van der Waals surface area (Å²) >= 11 is 0. The van der Waals surface area contributed by atoms with E-state index in [-0.39, 0.29) is 11.7 Å². The van der Waals surface area contributed by atoms with Gasteiger partial charge in [0.05, 0.1) is 11.4 Å². The number of carbonyl (C=O) groups excluding carboxylic acids is 1. The van der Waals surface area contributed by atoms with Crippen molar-refractivity contribution in [2.45, 2.75) is 6.92 Å². The Bertz CT molecular complexity index is 1260. The van der Waals surface area contributed by atoms with Gasteiger partial charge in [-0.1, -0.05) is 23.4 Å². The standard InChI is InChI=1S/C23H21FN6O/c1-16-17(6-4-10-20(16)30-22-19(26-27-30)8-5-11-25-22)23(31)29-14-12-28(13-15-29)21-9-3-2-7-18(21)24/h2-11H,12-15H2,1H3. The van der Waals surface area contributed by atoms with Crippen LogP contribution in [0.3, 0.4) is 0 Å². The number of piperazine rings is 1. The van der Waals surface area contributed by atoms with Crippen molar-refractivity contribution in [3.8, 4) is 5.69 Å². The molecule has 5 rings (SSSR count). The number of para-hydroxylation sites is 1. The van der Waals surface area contributed by atoms with Gasteiger partial charge < -0.3 is 9.80 Å². The lowest BCUT2D eigenvalue weighted by Gasteiger charge is -2.36. The molecule has 0 spiro atoms. The summed E-state index contributed by atoms with van der Waals surface area (Å²) in [5.41, 5.74) is 4.14. The highest BCUT2D eigenvalue weighted by atomic mass is 19.1. The minimum atomic E-state index is -0.237. The molecule has 31 heavy (non-hydrogen) atoms. The van der Waals surface area contributed by atoms with Crippen molar-refractivity contribution >= 4 is 22.8 Å². The zero-order valence-electron chi connectivity index (χ0n) is 17.1. The van der Waals surface area contributed by atoms with E-state index < -0.39 is 0 Å². The minimum Gasteiger partial charge on any atom is -0.366 e. The summed E-state index contributed by atoms with van der Waals surface area (Å²) in [4.78, 5) is 21.5. The fraction of sp³-hybridized carbons (Fsp3) is 0.217. The summed E-state index contributed by atoms with van der Waals surface area (Å²) in [6, 6.07) is 16.0. The molecule has 0 atom stereocenters. The molecule has 4 aromatic rings. The van der Waals surface area contributed by atoms with E-state index in [1.54, 1.807) is 23.0 Å². The van der Waals surface area contributed by atoms with E-state index in [0.29, 0.717) is 48.6 Å². The lowest BCUT2D eigenvalue weighted by atomic mass is 10.0. The van der Waals surface area contributed by atoms with Crippen LogP contribution in [-0.2, 0) is 0 Å². The molecule has 7 nitrogen and oxygen atoms in total. The first-order valence-corrected chi connectivity index (χ1v) is 10.2. The molecular formula is C23H21FN6O. The molecule has 3 heterocycles. The van der Waals surface area contributed by atoms with Gasteiger partial charge in [0.1, 0.15) is 11.3 Å². The number of fused-ring (bicyclic) bond motifs is 1. The average Bonchev–Trinajstić information content (AvgIpc) is 3.23. The largest absolute Gasteiger partial charge is 0.366 e. The van der Waals surface area contributed by atoms with Gasteiger partial charge in [-0.25, -0.2) is 9.37 Å². The van der Waals surface area contributed by atoms with E-state index in [2.05, 4.69) is 15.3 Å². The number of anilines is 1. The second-order valence-electron chi connectivity index (χ2n) is 7.53. The van der Waals surface area contributed by atoms with Gasteiger partial charge in [-0.15, -0.1) is 5.10 Å². The molecular weight excluding hydrogens is 395 g/mol. The van der Waals surface area contributed by atoms with Gasteiger partial charge in [-0.3, -0.25) is 4.79 Å². The van der Waals surface area contributed by atoms with E-state index in [1.807, 2.05) is 53.1 Å². The van der Waals surface area contributed by atoms with Gasteiger partial charge in [-0.2, -0.15) is 4.68 Å². The third-order valence-electron chi connectivity index (χ3n) is 5.73. The Morgan fingerprint density at radius 2 is 1.71 bits per heavy atom. The van der Waals surface area contributed by atoms with Crippen molar-refractivity contribution in [1.29, 1.82) is 0 Å². The Labute approximate surface area is 178 Å². The molecule has 0 saturated carbocycles. The number of halogens is 1. The molecule has 8 heteroatoms. The molecule has 156 valence electrons. The average molecular weight is 416 g/mol. The molecule has 0 aliphatic carbocycles. The Hall–Kier alpha value is -3.81. The summed E-state index contributed by atoms with van der Waals surface area (Å²) in [6.45, 7) is 4.15. The maximum absolute atomic E-state index is 14.1. The highest BCUT2D eigenvalue weighted by molar-refractivity contribution is 5.96. The number of aromatic nitrogens is 4. The molecule has 1 saturated heterocycles. The second-order valence-corrected chi connectivity index (χ2v) is 7.53. The van der Waals surface area contributed by atoms with E-state index in [9.17, 15) is 9.18 Å². The number of pyridine rings is 1. The summed E-state index contributed by atoms with van der Waals surface area (Å²) in [6.07, 6.45) is 1.70. The first-order chi connectivity index (χ1) is 15.1. The van der Waals surface area contributed by atoms with Crippen molar-refractivity contribution in [3.05, 3.63) is 77.7 Å². The van der Waals surface area contributed by atoms with Crippen molar-refractivity contribution in [3.63, 3.8) is 0 Å². The van der Waals surface area contributed by atoms with Gasteiger partial charge in [0.25, 0.3) is 5.91 Å². The quantitative estimate of drug-likeness (QED) is 0.513. The van der Waals surface area contributed by atoms with E-state index in [0.717, 1.165) is 11.3 Å². The maximum atomic E-state index is 14.1. The molecule has 1 amide bonds. The number of benzene rings is 2. The zero-order valence-corrected chi connectivity index (χ0v) is 17.1. The number of hydrogen-bond acceptors (Lipinski definition) is 5. The molecule has 2 aromatic carbocycles. The molecule has 1 aliphatic rings. The van der Waals surface area contributed by atoms with Crippen molar-refractivity contribution < 1.29 is 9.18 Å². The summed E-state index contributed by atoms with van der Waals surface area (Å²) in [5, 5.41) is 8.39. The van der Waals surface area contributed by atoms with Gasteiger partial charge in [0.15, 0.2) is 5.65 Å². The maximum Gasteiger partial charge on any atom is 0.254 e. The van der Waals surface area contributed by atoms with E-state index >= 15 is 0 Å². The van der Waals surface area contributed by atoms with Crippen LogP contribution < -0.4 is 4.90 Å². The second kappa shape index (κ2) is 7.79. The van der Waals surface area contributed by atoms with Gasteiger partial charge in [-0.05, 0) is 48.9 Å². The lowest BCUT2D eigenvalue weighted by Crippen LogP contribution is -2.49. The van der Waals surface area contributed by atoms with Crippen LogP contribution in [0.5, 0.6) is 0 Å². The molecule has 0 radical (unpaired) electrons. The van der Waals surface area contributed by atoms with Crippen molar-refractivity contribution in [1.82, 2.24) is 24.9 Å². The molecule has 0 bridgehead atoms. The SMILES string of the molecule is Cc1c(C(=O)N2CCN(c3ccccc3F)CC2)cccc1-n1nnc2cccnc21. The number of nitrogens with zero attached hydrogens (tertiary/aromatic N) is 6. The smallest absolute Gasteiger partial charge is 0.254 e. The lowest BCUT2D eigenvalue weighted by molar-refractivity contribution is 0.0746. The Morgan fingerprint density at radius 3 is 2.52 bits per heavy atom. The van der Waals surface area contributed by atoms with Crippen LogP contribution in [-0.4, -0.2) is 57.0 Å². The van der Waals surface area contributed by atoms with Gasteiger partial charge in [0, 0.05) is 37.9 Å². The third kappa shape index (κ3) is 3.39. The third-order valence-corrected chi connectivity index (χ3v) is 5.73. The fourth-order valence-corrected chi connectivity index (χ4v) is 4.04. The monoisotopic (exact) mass is 416 g/mol. The predicted octanol–water partition coefficient (Wildman–Crippen LogP) is 3.23. The molecule has 1 aliphatic heterocycles. The highest BCUT2D eigenvalue weighted by Crippen LogP contribution is 2.24. The van der Waals surface area contributed by atoms with Gasteiger partial charge in [0.2, 0.25) is 0 Å². The van der Waals surface area contributed by atoms with Crippen LogP contribution in [0.1, 0.15) is 15.9 Å². The highest BCUT2D eigenvalue weighted by Gasteiger charge is 2.25. The first-order valence-electron chi connectivity index (χ1n) is 10.2. The van der Waals surface area contributed by atoms with Crippen LogP contribution in [0, 0.1) is 12.7 Å². The Kier molecular flexibility index (Phi) is 4.82. The van der Waals surface area contributed by atoms with Crippen molar-refractivity contribution in [2.75, 3.05) is 31.1 Å². The van der Waals surface area contributed by atoms with Crippen LogP contribution in [0.2, 0.25) is 0 Å². The predicted molar refractivity (Wildman–Crippen MR) is 116 cm³/mol. The summed E-state index contributed by atoms with van der Waals surface area (Å²) in [7, 11) is 0. The molecule has 0 unspecified atom stereocenters. The normalized spacial score (nSPS) is 14.3. The van der Waals surface area contributed by atoms with Crippen LogP contribution in [0.4, 0.5) is 10.1 Å².